The van der Waals surface area contributed by atoms with Crippen molar-refractivity contribution < 1.29 is 9.53 Å². The van der Waals surface area contributed by atoms with Crippen molar-refractivity contribution in [3.63, 3.8) is 0 Å². The fourth-order valence-corrected chi connectivity index (χ4v) is 4.65. The van der Waals surface area contributed by atoms with E-state index in [0.717, 1.165) is 50.5 Å². The van der Waals surface area contributed by atoms with Gasteiger partial charge >= 0.3 is 0 Å². The SMILES string of the molecule is COc1ccccc1CCC(=O)N1CCN(Cc2ccc(Br)s2)CC1. The van der Waals surface area contributed by atoms with E-state index in [9.17, 15) is 4.79 Å². The van der Waals surface area contributed by atoms with Crippen LogP contribution in [-0.4, -0.2) is 49.0 Å². The van der Waals surface area contributed by atoms with Crippen LogP contribution in [0, 0.1) is 0 Å². The zero-order chi connectivity index (χ0) is 17.6. The summed E-state index contributed by atoms with van der Waals surface area (Å²) in [4.78, 5) is 18.3. The third kappa shape index (κ3) is 5.06. The molecule has 2 aromatic rings. The molecule has 1 saturated heterocycles. The van der Waals surface area contributed by atoms with Gasteiger partial charge in [-0.3, -0.25) is 9.69 Å². The second kappa shape index (κ2) is 8.83. The van der Waals surface area contributed by atoms with Crippen LogP contribution in [0.4, 0.5) is 0 Å². The molecule has 0 unspecified atom stereocenters. The number of methoxy groups -OCH3 is 1. The molecule has 1 aliphatic rings. The fourth-order valence-electron chi connectivity index (χ4n) is 3.12. The largest absolute Gasteiger partial charge is 0.496 e. The van der Waals surface area contributed by atoms with Crippen LogP contribution in [-0.2, 0) is 17.8 Å². The van der Waals surface area contributed by atoms with Gasteiger partial charge in [-0.05, 0) is 46.1 Å². The lowest BCUT2D eigenvalue weighted by Crippen LogP contribution is -2.48. The third-order valence-electron chi connectivity index (χ3n) is 4.53. The number of benzene rings is 1. The molecule has 134 valence electrons. The van der Waals surface area contributed by atoms with Crippen LogP contribution >= 0.6 is 27.3 Å². The standard InChI is InChI=1S/C19H23BrN2O2S/c1-24-17-5-3-2-4-15(17)6-9-19(23)22-12-10-21(11-13-22)14-16-7-8-18(20)25-16/h2-5,7-8H,6,9-14H2,1H3. The highest BCUT2D eigenvalue weighted by Gasteiger charge is 2.21. The van der Waals surface area contributed by atoms with Crippen molar-refractivity contribution in [1.29, 1.82) is 0 Å². The quantitative estimate of drug-likeness (QED) is 0.709. The molecule has 1 fully saturated rings. The molecule has 25 heavy (non-hydrogen) atoms. The molecule has 0 aliphatic carbocycles. The third-order valence-corrected chi connectivity index (χ3v) is 6.14. The Morgan fingerprint density at radius 1 is 1.16 bits per heavy atom. The molecule has 1 aliphatic heterocycles. The molecule has 0 N–H and O–H groups in total. The molecule has 1 aromatic carbocycles. The van der Waals surface area contributed by atoms with Gasteiger partial charge in [0.05, 0.1) is 10.9 Å². The number of aryl methyl sites for hydroxylation is 1. The number of hydrogen-bond acceptors (Lipinski definition) is 4. The number of thiophene rings is 1. The van der Waals surface area contributed by atoms with E-state index in [1.807, 2.05) is 29.2 Å². The summed E-state index contributed by atoms with van der Waals surface area (Å²) in [6.45, 7) is 4.49. The lowest BCUT2D eigenvalue weighted by molar-refractivity contribution is -0.132. The van der Waals surface area contributed by atoms with Crippen molar-refractivity contribution in [2.75, 3.05) is 33.3 Å². The van der Waals surface area contributed by atoms with Crippen molar-refractivity contribution in [2.45, 2.75) is 19.4 Å². The molecular formula is C19H23BrN2O2S. The first-order valence-corrected chi connectivity index (χ1v) is 10.1. The number of nitrogens with zero attached hydrogens (tertiary/aromatic N) is 2. The molecule has 1 amide bonds. The van der Waals surface area contributed by atoms with Crippen LogP contribution in [0.25, 0.3) is 0 Å². The smallest absolute Gasteiger partial charge is 0.222 e. The number of carbonyl (C=O) groups is 1. The van der Waals surface area contributed by atoms with Gasteiger partial charge in [-0.2, -0.15) is 0 Å². The summed E-state index contributed by atoms with van der Waals surface area (Å²) in [7, 11) is 1.67. The van der Waals surface area contributed by atoms with Crippen molar-refractivity contribution >= 4 is 33.2 Å². The van der Waals surface area contributed by atoms with Gasteiger partial charge < -0.3 is 9.64 Å². The number of ether oxygens (including phenoxy) is 1. The predicted octanol–water partition coefficient (Wildman–Crippen LogP) is 3.80. The van der Waals surface area contributed by atoms with E-state index in [0.29, 0.717) is 6.42 Å². The molecular weight excluding hydrogens is 400 g/mol. The second-order valence-corrected chi connectivity index (χ2v) is 8.72. The van der Waals surface area contributed by atoms with Crippen molar-refractivity contribution in [2.24, 2.45) is 0 Å². The van der Waals surface area contributed by atoms with Gasteiger partial charge in [0.1, 0.15) is 5.75 Å². The van der Waals surface area contributed by atoms with Gasteiger partial charge in [0.2, 0.25) is 5.91 Å². The summed E-state index contributed by atoms with van der Waals surface area (Å²) >= 11 is 5.29. The molecule has 2 heterocycles. The number of carbonyl (C=O) groups excluding carboxylic acids is 1. The number of halogens is 1. The maximum Gasteiger partial charge on any atom is 0.222 e. The highest BCUT2D eigenvalue weighted by atomic mass is 79.9. The number of rotatable bonds is 6. The Morgan fingerprint density at radius 2 is 1.92 bits per heavy atom. The van der Waals surface area contributed by atoms with Gasteiger partial charge in [-0.15, -0.1) is 11.3 Å². The molecule has 1 aromatic heterocycles. The summed E-state index contributed by atoms with van der Waals surface area (Å²) in [6, 6.07) is 12.2. The normalized spacial score (nSPS) is 15.4. The van der Waals surface area contributed by atoms with Crippen LogP contribution in [0.5, 0.6) is 5.75 Å². The maximum absolute atomic E-state index is 12.5. The Morgan fingerprint density at radius 3 is 2.60 bits per heavy atom. The Bertz CT molecular complexity index is 711. The summed E-state index contributed by atoms with van der Waals surface area (Å²) in [6.07, 6.45) is 1.27. The van der Waals surface area contributed by atoms with Gasteiger partial charge in [0.15, 0.2) is 0 Å². The topological polar surface area (TPSA) is 32.8 Å². The van der Waals surface area contributed by atoms with E-state index >= 15 is 0 Å². The van der Waals surface area contributed by atoms with Gasteiger partial charge in [0.25, 0.3) is 0 Å². The molecule has 0 spiro atoms. The Kier molecular flexibility index (Phi) is 6.51. The molecule has 3 rings (SSSR count). The number of amides is 1. The minimum Gasteiger partial charge on any atom is -0.496 e. The zero-order valence-corrected chi connectivity index (χ0v) is 16.8. The Labute approximate surface area is 161 Å². The van der Waals surface area contributed by atoms with E-state index < -0.39 is 0 Å². The highest BCUT2D eigenvalue weighted by Crippen LogP contribution is 2.24. The van der Waals surface area contributed by atoms with Crippen LogP contribution in [0.3, 0.4) is 0 Å². The first-order valence-electron chi connectivity index (χ1n) is 8.52. The van der Waals surface area contributed by atoms with E-state index in [1.54, 1.807) is 18.4 Å². The number of hydrogen-bond donors (Lipinski definition) is 0. The van der Waals surface area contributed by atoms with Crippen LogP contribution in [0.1, 0.15) is 16.9 Å². The lowest BCUT2D eigenvalue weighted by Gasteiger charge is -2.34. The summed E-state index contributed by atoms with van der Waals surface area (Å²) in [5, 5.41) is 0. The average molecular weight is 423 g/mol. The van der Waals surface area contributed by atoms with Crippen LogP contribution < -0.4 is 4.74 Å². The van der Waals surface area contributed by atoms with Gasteiger partial charge in [0, 0.05) is 44.0 Å². The Hall–Kier alpha value is -1.37. The highest BCUT2D eigenvalue weighted by molar-refractivity contribution is 9.11. The molecule has 6 heteroatoms. The number of piperazine rings is 1. The minimum absolute atomic E-state index is 0.240. The second-order valence-electron chi connectivity index (χ2n) is 6.17. The monoisotopic (exact) mass is 422 g/mol. The van der Waals surface area contributed by atoms with Gasteiger partial charge in [-0.1, -0.05) is 18.2 Å². The summed E-state index contributed by atoms with van der Waals surface area (Å²) in [5.41, 5.74) is 1.10. The van der Waals surface area contributed by atoms with E-state index in [2.05, 4.69) is 33.0 Å². The van der Waals surface area contributed by atoms with E-state index in [4.69, 9.17) is 4.74 Å². The number of para-hydroxylation sites is 1. The van der Waals surface area contributed by atoms with Crippen molar-refractivity contribution in [3.05, 3.63) is 50.6 Å². The zero-order valence-electron chi connectivity index (χ0n) is 14.4. The average Bonchev–Trinajstić information content (AvgIpc) is 3.05. The van der Waals surface area contributed by atoms with Crippen molar-refractivity contribution in [1.82, 2.24) is 9.80 Å². The first-order chi connectivity index (χ1) is 12.2. The van der Waals surface area contributed by atoms with Crippen molar-refractivity contribution in [3.8, 4) is 5.75 Å². The molecule has 0 radical (unpaired) electrons. The molecule has 0 atom stereocenters. The van der Waals surface area contributed by atoms with Crippen LogP contribution in [0.2, 0.25) is 0 Å². The molecule has 0 saturated carbocycles. The molecule has 0 bridgehead atoms. The lowest BCUT2D eigenvalue weighted by atomic mass is 10.1. The Balaban J connectivity index is 1.45. The van der Waals surface area contributed by atoms with Gasteiger partial charge in [-0.25, -0.2) is 0 Å². The minimum atomic E-state index is 0.240. The van der Waals surface area contributed by atoms with Crippen LogP contribution in [0.15, 0.2) is 40.2 Å². The van der Waals surface area contributed by atoms with E-state index in [1.165, 1.54) is 8.66 Å². The maximum atomic E-state index is 12.5. The summed E-state index contributed by atoms with van der Waals surface area (Å²) in [5.74, 6) is 1.10. The predicted molar refractivity (Wildman–Crippen MR) is 105 cm³/mol. The fraction of sp³-hybridized carbons (Fsp3) is 0.421. The summed E-state index contributed by atoms with van der Waals surface area (Å²) < 4.78 is 6.54. The first kappa shape index (κ1) is 18.4. The molecule has 4 nitrogen and oxygen atoms in total. The van der Waals surface area contributed by atoms with E-state index in [-0.39, 0.29) is 5.91 Å².